The second-order valence-corrected chi connectivity index (χ2v) is 16.8. The van der Waals surface area contributed by atoms with E-state index in [1.165, 1.54) is 7.11 Å². The lowest BCUT2D eigenvalue weighted by Gasteiger charge is -2.32. The van der Waals surface area contributed by atoms with Crippen molar-refractivity contribution in [3.8, 4) is 0 Å². The quantitative estimate of drug-likeness (QED) is 0.194. The van der Waals surface area contributed by atoms with Gasteiger partial charge in [-0.2, -0.15) is 0 Å². The zero-order chi connectivity index (χ0) is 41.0. The molecule has 5 atom stereocenters. The van der Waals surface area contributed by atoms with Gasteiger partial charge in [-0.15, -0.1) is 0 Å². The van der Waals surface area contributed by atoms with Gasteiger partial charge in [0, 0.05) is 57.3 Å². The van der Waals surface area contributed by atoms with Crippen LogP contribution in [-0.2, 0) is 43.0 Å². The number of aliphatic imine (C=N–C) groups is 1. The van der Waals surface area contributed by atoms with Crippen molar-refractivity contribution in [1.82, 2.24) is 16.0 Å². The summed E-state index contributed by atoms with van der Waals surface area (Å²) in [5.41, 5.74) is -0.805. The predicted molar refractivity (Wildman–Crippen MR) is 204 cm³/mol. The van der Waals surface area contributed by atoms with Crippen LogP contribution in [0.2, 0.25) is 0 Å². The maximum absolute atomic E-state index is 14.3. The van der Waals surface area contributed by atoms with Crippen molar-refractivity contribution in [2.45, 2.75) is 150 Å². The lowest BCUT2D eigenvalue weighted by atomic mass is 9.75. The number of carbonyl (C=O) groups excluding carboxylic acids is 7. The van der Waals surface area contributed by atoms with Crippen molar-refractivity contribution >= 4 is 46.8 Å². The van der Waals surface area contributed by atoms with Gasteiger partial charge in [0.05, 0.1) is 42.3 Å². The fourth-order valence-corrected chi connectivity index (χ4v) is 6.91. The Morgan fingerprint density at radius 3 is 2.17 bits per heavy atom. The molecule has 0 bridgehead atoms. The van der Waals surface area contributed by atoms with Gasteiger partial charge in [0.1, 0.15) is 11.8 Å². The number of allylic oxidation sites excluding steroid dienone is 2. The van der Waals surface area contributed by atoms with E-state index in [1.807, 2.05) is 34.6 Å². The minimum absolute atomic E-state index is 0.0292. The summed E-state index contributed by atoms with van der Waals surface area (Å²) in [6.07, 6.45) is 0.0959. The minimum atomic E-state index is -1.19. The molecule has 0 aromatic heterocycles. The van der Waals surface area contributed by atoms with Crippen molar-refractivity contribution in [2.24, 2.45) is 28.2 Å². The summed E-state index contributed by atoms with van der Waals surface area (Å²) in [5.74, 6) is -5.27. The van der Waals surface area contributed by atoms with Crippen LogP contribution < -0.4 is 16.0 Å². The number of esters is 1. The van der Waals surface area contributed by atoms with Crippen LogP contribution >= 0.6 is 0 Å². The highest BCUT2D eigenvalue weighted by Crippen LogP contribution is 2.36. The van der Waals surface area contributed by atoms with Crippen LogP contribution in [0.15, 0.2) is 16.3 Å². The normalized spacial score (nSPS) is 24.7. The van der Waals surface area contributed by atoms with Crippen LogP contribution in [0.4, 0.5) is 0 Å². The van der Waals surface area contributed by atoms with Crippen LogP contribution in [0.25, 0.3) is 0 Å². The molecule has 1 fully saturated rings. The summed E-state index contributed by atoms with van der Waals surface area (Å²) < 4.78 is 11.1. The Labute approximate surface area is 320 Å². The molecule has 2 aliphatic rings. The van der Waals surface area contributed by atoms with Crippen LogP contribution in [-0.4, -0.2) is 95.8 Å². The highest BCUT2D eigenvalue weighted by molar-refractivity contribution is 6.22. The predicted octanol–water partition coefficient (Wildman–Crippen LogP) is 4.27. The molecule has 0 saturated carbocycles. The van der Waals surface area contributed by atoms with E-state index in [-0.39, 0.29) is 92.6 Å². The first kappa shape index (κ1) is 46.2. The average Bonchev–Trinajstić information content (AvgIpc) is 3.04. The van der Waals surface area contributed by atoms with Crippen molar-refractivity contribution in [1.29, 1.82) is 0 Å². The third kappa shape index (κ3) is 15.1. The number of hydrogen-bond donors (Lipinski definition) is 4. The molecule has 3 amide bonds. The molecule has 54 heavy (non-hydrogen) atoms. The van der Waals surface area contributed by atoms with Gasteiger partial charge in [-0.25, -0.2) is 0 Å². The third-order valence-corrected chi connectivity index (χ3v) is 9.80. The number of Topliss-reactive ketones (excluding diaryl/α,β-unsaturated/α-hetero) is 3. The first-order chi connectivity index (χ1) is 25.0. The molecule has 14 heteroatoms. The number of ketones is 3. The van der Waals surface area contributed by atoms with Crippen molar-refractivity contribution in [3.63, 3.8) is 0 Å². The van der Waals surface area contributed by atoms with E-state index in [0.717, 1.165) is 0 Å². The number of methoxy groups -OCH3 is 1. The van der Waals surface area contributed by atoms with Gasteiger partial charge >= 0.3 is 5.97 Å². The number of nitrogens with zero attached hydrogens (tertiary/aromatic N) is 1. The Kier molecular flexibility index (Phi) is 17.7. The Morgan fingerprint density at radius 2 is 1.57 bits per heavy atom. The SMILES string of the molecule is COC(=O)C(CC(=O)[C@@H]1CCC(=O)NCCC(=O)NCCCC[C@H](N=C(C)C2=C(O)CC(C)(C)CC2=O)C(=O)CC(C(C)OC(C)(C)C)C(=O)N1)C(C)C. The zero-order valence-electron chi connectivity index (χ0n) is 34.0. The van der Waals surface area contributed by atoms with E-state index >= 15 is 0 Å². The van der Waals surface area contributed by atoms with Crippen LogP contribution in [0.1, 0.15) is 127 Å². The fourth-order valence-electron chi connectivity index (χ4n) is 6.91. The van der Waals surface area contributed by atoms with Crippen LogP contribution in [0, 0.1) is 23.2 Å². The Morgan fingerprint density at radius 1 is 0.944 bits per heavy atom. The van der Waals surface area contributed by atoms with Gasteiger partial charge in [0.25, 0.3) is 0 Å². The molecule has 2 rings (SSSR count). The molecule has 1 heterocycles. The molecule has 1 aliphatic carbocycles. The van der Waals surface area contributed by atoms with E-state index in [4.69, 9.17) is 14.5 Å². The Balaban J connectivity index is 2.59. The second kappa shape index (κ2) is 20.7. The monoisotopic (exact) mass is 760 g/mol. The van der Waals surface area contributed by atoms with Gasteiger partial charge < -0.3 is 30.5 Å². The molecular formula is C40H64N4O10. The molecule has 1 saturated heterocycles. The standard InChI is InChI=1S/C40H64N4O10/c1-23(2)26(38(52)53-10)19-30(45)29-14-15-34(49)42-18-16-35(50)41-17-12-11-13-28(43-24(3)36-32(47)21-40(8,9)22-33(36)48)31(46)20-27(37(51)44-29)25(4)54-39(5,6)7/h23,25-29,47H,11-22H2,1-10H3,(H,41,50)(H,42,49)(H,44,51)/t25?,26?,27?,28-,29-/m0/s1. The van der Waals surface area contributed by atoms with Gasteiger partial charge in [-0.3, -0.25) is 38.6 Å². The smallest absolute Gasteiger partial charge is 0.309 e. The number of ether oxygens (including phenoxy) is 2. The molecule has 304 valence electrons. The molecule has 0 radical (unpaired) electrons. The topological polar surface area (TPSA) is 207 Å². The molecule has 0 spiro atoms. The van der Waals surface area contributed by atoms with E-state index in [9.17, 15) is 38.7 Å². The lowest BCUT2D eigenvalue weighted by Crippen LogP contribution is -2.49. The van der Waals surface area contributed by atoms with Gasteiger partial charge in [0.2, 0.25) is 17.7 Å². The summed E-state index contributed by atoms with van der Waals surface area (Å²) in [7, 11) is 1.23. The minimum Gasteiger partial charge on any atom is -0.511 e. The first-order valence-electron chi connectivity index (χ1n) is 19.2. The highest BCUT2D eigenvalue weighted by Gasteiger charge is 2.38. The summed E-state index contributed by atoms with van der Waals surface area (Å²) >= 11 is 0. The molecule has 0 aromatic rings. The molecule has 4 N–H and O–H groups in total. The molecule has 0 aromatic carbocycles. The number of aliphatic hydroxyl groups excluding tert-OH is 1. The van der Waals surface area contributed by atoms with Crippen LogP contribution in [0.3, 0.4) is 0 Å². The van der Waals surface area contributed by atoms with Crippen molar-refractivity contribution in [3.05, 3.63) is 11.3 Å². The largest absolute Gasteiger partial charge is 0.511 e. The number of aliphatic hydroxyl groups is 1. The average molecular weight is 761 g/mol. The lowest BCUT2D eigenvalue weighted by molar-refractivity contribution is -0.149. The zero-order valence-corrected chi connectivity index (χ0v) is 34.0. The number of rotatable bonds is 9. The highest BCUT2D eigenvalue weighted by atomic mass is 16.5. The van der Waals surface area contributed by atoms with Crippen molar-refractivity contribution in [2.75, 3.05) is 20.2 Å². The van der Waals surface area contributed by atoms with Crippen molar-refractivity contribution < 1.29 is 48.1 Å². The van der Waals surface area contributed by atoms with E-state index < -0.39 is 70.4 Å². The molecule has 1 aliphatic heterocycles. The van der Waals surface area contributed by atoms with Gasteiger partial charge in [0.15, 0.2) is 17.3 Å². The number of nitrogens with one attached hydrogen (secondary N) is 3. The fraction of sp³-hybridized carbons (Fsp3) is 0.750. The maximum Gasteiger partial charge on any atom is 0.309 e. The first-order valence-corrected chi connectivity index (χ1v) is 19.2. The van der Waals surface area contributed by atoms with E-state index in [2.05, 4.69) is 16.0 Å². The molecule has 3 unspecified atom stereocenters. The Bertz CT molecular complexity index is 1460. The number of amides is 3. The summed E-state index contributed by atoms with van der Waals surface area (Å²) in [5, 5.41) is 19.1. The van der Waals surface area contributed by atoms with Gasteiger partial charge in [-0.05, 0) is 71.6 Å². The van der Waals surface area contributed by atoms with Gasteiger partial charge in [-0.1, -0.05) is 27.7 Å². The maximum atomic E-state index is 14.3. The third-order valence-electron chi connectivity index (χ3n) is 9.80. The number of carbonyl (C=O) groups is 7. The second-order valence-electron chi connectivity index (χ2n) is 16.8. The van der Waals surface area contributed by atoms with E-state index in [1.54, 1.807) is 27.7 Å². The van der Waals surface area contributed by atoms with E-state index in [0.29, 0.717) is 19.4 Å². The summed E-state index contributed by atoms with van der Waals surface area (Å²) in [6, 6.07) is -2.18. The molecule has 14 nitrogen and oxygen atoms in total. The Hall–Kier alpha value is -3.94. The summed E-state index contributed by atoms with van der Waals surface area (Å²) in [6.45, 7) is 16.4. The van der Waals surface area contributed by atoms with Crippen LogP contribution in [0.5, 0.6) is 0 Å². The number of hydrogen-bond acceptors (Lipinski definition) is 11. The molecular weight excluding hydrogens is 696 g/mol. The summed E-state index contributed by atoms with van der Waals surface area (Å²) in [4.78, 5) is 97.9.